The van der Waals surface area contributed by atoms with Crippen LogP contribution in [0.15, 0.2) is 34.5 Å². The molecule has 1 aliphatic rings. The second-order valence-electron chi connectivity index (χ2n) is 5.17. The van der Waals surface area contributed by atoms with E-state index in [1.54, 1.807) is 6.26 Å². The highest BCUT2D eigenvalue weighted by Gasteiger charge is 2.53. The van der Waals surface area contributed by atoms with Crippen molar-refractivity contribution in [1.82, 2.24) is 0 Å². The molecule has 0 aromatic carbocycles. The number of hydrogen-bond donors (Lipinski definition) is 1. The van der Waals surface area contributed by atoms with Gasteiger partial charge >= 0.3 is 0 Å². The molecular formula is C14H20O3. The third kappa shape index (κ3) is 2.99. The van der Waals surface area contributed by atoms with Crippen molar-refractivity contribution < 1.29 is 14.3 Å². The maximum atomic E-state index is 10.3. The van der Waals surface area contributed by atoms with Crippen molar-refractivity contribution >= 4 is 0 Å². The van der Waals surface area contributed by atoms with Crippen LogP contribution >= 0.6 is 0 Å². The van der Waals surface area contributed by atoms with E-state index < -0.39 is 5.60 Å². The molecule has 3 heteroatoms. The Balaban J connectivity index is 1.88. The molecule has 2 heterocycles. The molecule has 3 unspecified atom stereocenters. The predicted molar refractivity (Wildman–Crippen MR) is 65.6 cm³/mol. The summed E-state index contributed by atoms with van der Waals surface area (Å²) in [4.78, 5) is 0. The molecule has 0 spiro atoms. The maximum Gasteiger partial charge on any atom is 0.145 e. The molecule has 0 radical (unpaired) electrons. The molecule has 1 fully saturated rings. The van der Waals surface area contributed by atoms with E-state index in [-0.39, 0.29) is 12.2 Å². The summed E-state index contributed by atoms with van der Waals surface area (Å²) in [5.41, 5.74) is 0.490. The Kier molecular flexibility index (Phi) is 3.40. The first-order chi connectivity index (χ1) is 8.00. The van der Waals surface area contributed by atoms with E-state index in [2.05, 4.69) is 19.9 Å². The molecule has 0 amide bonds. The Hall–Kier alpha value is -1.06. The van der Waals surface area contributed by atoms with E-state index in [9.17, 15) is 5.11 Å². The first kappa shape index (κ1) is 12.4. The standard InChI is InChI=1S/C14H20O3/c1-10(2)6-4-8-14(3,15)13-12(17-13)11-7-5-9-16-11/h5-7,9,12-13,15H,4,8H2,1-3H3. The Labute approximate surface area is 102 Å². The van der Waals surface area contributed by atoms with Crippen LogP contribution in [0.25, 0.3) is 0 Å². The summed E-state index contributed by atoms with van der Waals surface area (Å²) >= 11 is 0. The first-order valence-electron chi connectivity index (χ1n) is 6.05. The molecule has 3 atom stereocenters. The summed E-state index contributed by atoms with van der Waals surface area (Å²) in [5, 5.41) is 10.3. The second kappa shape index (κ2) is 4.67. The molecule has 2 rings (SSSR count). The van der Waals surface area contributed by atoms with Gasteiger partial charge in [0.1, 0.15) is 18.0 Å². The van der Waals surface area contributed by atoms with Crippen LogP contribution in [-0.4, -0.2) is 16.8 Å². The minimum atomic E-state index is -0.788. The molecular weight excluding hydrogens is 216 g/mol. The maximum absolute atomic E-state index is 10.3. The van der Waals surface area contributed by atoms with Crippen LogP contribution in [0.3, 0.4) is 0 Å². The van der Waals surface area contributed by atoms with Crippen LogP contribution in [-0.2, 0) is 4.74 Å². The normalized spacial score (nSPS) is 26.4. The number of ether oxygens (including phenoxy) is 1. The quantitative estimate of drug-likeness (QED) is 0.630. The Morgan fingerprint density at radius 3 is 2.88 bits per heavy atom. The highest BCUT2D eigenvalue weighted by atomic mass is 16.6. The van der Waals surface area contributed by atoms with E-state index in [1.165, 1.54) is 5.57 Å². The van der Waals surface area contributed by atoms with E-state index >= 15 is 0 Å². The fourth-order valence-electron chi connectivity index (χ4n) is 2.05. The molecule has 0 saturated carbocycles. The number of aliphatic hydroxyl groups is 1. The molecule has 3 nitrogen and oxygen atoms in total. The van der Waals surface area contributed by atoms with Crippen molar-refractivity contribution in [2.24, 2.45) is 0 Å². The van der Waals surface area contributed by atoms with Gasteiger partial charge in [-0.05, 0) is 45.7 Å². The highest BCUT2D eigenvalue weighted by Crippen LogP contribution is 2.46. The minimum Gasteiger partial charge on any atom is -0.466 e. The van der Waals surface area contributed by atoms with E-state index in [4.69, 9.17) is 9.15 Å². The van der Waals surface area contributed by atoms with Gasteiger partial charge in [-0.3, -0.25) is 0 Å². The van der Waals surface area contributed by atoms with Crippen molar-refractivity contribution in [3.63, 3.8) is 0 Å². The summed E-state index contributed by atoms with van der Waals surface area (Å²) in [6, 6.07) is 3.73. The summed E-state index contributed by atoms with van der Waals surface area (Å²) in [6.07, 6.45) is 5.14. The third-order valence-corrected chi connectivity index (χ3v) is 3.13. The number of rotatable bonds is 5. The zero-order valence-corrected chi connectivity index (χ0v) is 10.6. The van der Waals surface area contributed by atoms with Gasteiger partial charge in [-0.15, -0.1) is 0 Å². The van der Waals surface area contributed by atoms with E-state index in [1.807, 2.05) is 19.1 Å². The number of furan rings is 1. The molecule has 1 N–H and O–H groups in total. The molecule has 0 bridgehead atoms. The van der Waals surface area contributed by atoms with Crippen LogP contribution in [0, 0.1) is 0 Å². The van der Waals surface area contributed by atoms with Gasteiger partial charge in [0.05, 0.1) is 11.9 Å². The van der Waals surface area contributed by atoms with Crippen LogP contribution < -0.4 is 0 Å². The fraction of sp³-hybridized carbons (Fsp3) is 0.571. The summed E-state index contributed by atoms with van der Waals surface area (Å²) in [7, 11) is 0. The van der Waals surface area contributed by atoms with Crippen molar-refractivity contribution in [2.75, 3.05) is 0 Å². The van der Waals surface area contributed by atoms with Gasteiger partial charge in [0.2, 0.25) is 0 Å². The molecule has 1 aliphatic heterocycles. The van der Waals surface area contributed by atoms with Crippen molar-refractivity contribution in [3.8, 4) is 0 Å². The monoisotopic (exact) mass is 236 g/mol. The average molecular weight is 236 g/mol. The van der Waals surface area contributed by atoms with Gasteiger partial charge in [0.25, 0.3) is 0 Å². The van der Waals surface area contributed by atoms with Gasteiger partial charge in [-0.2, -0.15) is 0 Å². The van der Waals surface area contributed by atoms with Gasteiger partial charge in [0.15, 0.2) is 0 Å². The molecule has 1 saturated heterocycles. The van der Waals surface area contributed by atoms with Crippen molar-refractivity contribution in [1.29, 1.82) is 0 Å². The lowest BCUT2D eigenvalue weighted by molar-refractivity contribution is 0.0224. The van der Waals surface area contributed by atoms with Crippen LogP contribution in [0.4, 0.5) is 0 Å². The number of hydrogen-bond acceptors (Lipinski definition) is 3. The molecule has 1 aromatic rings. The van der Waals surface area contributed by atoms with E-state index in [0.717, 1.165) is 12.2 Å². The Morgan fingerprint density at radius 1 is 1.53 bits per heavy atom. The van der Waals surface area contributed by atoms with Crippen LogP contribution in [0.5, 0.6) is 0 Å². The van der Waals surface area contributed by atoms with Gasteiger partial charge < -0.3 is 14.3 Å². The topological polar surface area (TPSA) is 45.9 Å². The summed E-state index contributed by atoms with van der Waals surface area (Å²) in [5.74, 6) is 0.803. The zero-order valence-electron chi connectivity index (χ0n) is 10.6. The Morgan fingerprint density at radius 2 is 2.29 bits per heavy atom. The molecule has 17 heavy (non-hydrogen) atoms. The molecule has 1 aromatic heterocycles. The largest absolute Gasteiger partial charge is 0.466 e. The lowest BCUT2D eigenvalue weighted by Crippen LogP contribution is -2.31. The smallest absolute Gasteiger partial charge is 0.145 e. The van der Waals surface area contributed by atoms with Crippen molar-refractivity contribution in [2.45, 2.75) is 51.4 Å². The Bertz CT molecular complexity index is 386. The lowest BCUT2D eigenvalue weighted by atomic mass is 9.93. The molecule has 94 valence electrons. The average Bonchev–Trinajstić information content (AvgIpc) is 2.87. The van der Waals surface area contributed by atoms with Crippen LogP contribution in [0.1, 0.15) is 45.5 Å². The zero-order chi connectivity index (χ0) is 12.5. The minimum absolute atomic E-state index is 0.0771. The van der Waals surface area contributed by atoms with Gasteiger partial charge in [-0.25, -0.2) is 0 Å². The first-order valence-corrected chi connectivity index (χ1v) is 6.05. The predicted octanol–water partition coefficient (Wildman–Crippen LogP) is 3.22. The number of epoxide rings is 1. The fourth-order valence-corrected chi connectivity index (χ4v) is 2.05. The summed E-state index contributed by atoms with van der Waals surface area (Å²) < 4.78 is 10.8. The van der Waals surface area contributed by atoms with Gasteiger partial charge in [0, 0.05) is 0 Å². The van der Waals surface area contributed by atoms with E-state index in [0.29, 0.717) is 6.42 Å². The lowest BCUT2D eigenvalue weighted by Gasteiger charge is -2.20. The van der Waals surface area contributed by atoms with Crippen LogP contribution in [0.2, 0.25) is 0 Å². The second-order valence-corrected chi connectivity index (χ2v) is 5.17. The summed E-state index contributed by atoms with van der Waals surface area (Å²) in [6.45, 7) is 5.96. The third-order valence-electron chi connectivity index (χ3n) is 3.13. The SMILES string of the molecule is CC(C)=CCCC(C)(O)C1OC1c1ccco1. The van der Waals surface area contributed by atoms with Crippen molar-refractivity contribution in [3.05, 3.63) is 35.8 Å². The highest BCUT2D eigenvalue weighted by molar-refractivity contribution is 5.14. The molecule has 0 aliphatic carbocycles. The number of allylic oxidation sites excluding steroid dienone is 2. The van der Waals surface area contributed by atoms with Gasteiger partial charge in [-0.1, -0.05) is 11.6 Å².